The Morgan fingerprint density at radius 1 is 1.22 bits per heavy atom. The molecule has 1 aromatic carbocycles. The van der Waals surface area contributed by atoms with Gasteiger partial charge in [0.15, 0.2) is 0 Å². The zero-order chi connectivity index (χ0) is 20.6. The lowest BCUT2D eigenvalue weighted by molar-refractivity contribution is 0.354. The fourth-order valence-corrected chi connectivity index (χ4v) is 9.66. The van der Waals surface area contributed by atoms with Gasteiger partial charge in [0.05, 0.1) is 8.80 Å². The highest BCUT2D eigenvalue weighted by molar-refractivity contribution is 6.96. The summed E-state index contributed by atoms with van der Waals surface area (Å²) in [5.41, 5.74) is 4.39. The predicted octanol–water partition coefficient (Wildman–Crippen LogP) is 5.55. The SMILES string of the molecule is C=CCOc1c([Si](C)(C)C2=C(C)C=CC2)cc(C)c([Si](C)C)c1C(C)(C)C. The fraction of sp³-hybridized carbons (Fsp3) is 0.500. The maximum atomic E-state index is 6.46. The summed E-state index contributed by atoms with van der Waals surface area (Å²) < 4.78 is 6.46. The van der Waals surface area contributed by atoms with Gasteiger partial charge < -0.3 is 4.74 Å². The van der Waals surface area contributed by atoms with E-state index < -0.39 is 16.9 Å². The first-order valence-corrected chi connectivity index (χ1v) is 15.5. The second kappa shape index (κ2) is 7.96. The maximum Gasteiger partial charge on any atom is 0.123 e. The second-order valence-electron chi connectivity index (χ2n) is 9.56. The quantitative estimate of drug-likeness (QED) is 0.452. The van der Waals surface area contributed by atoms with Crippen LogP contribution in [0.1, 0.15) is 45.2 Å². The van der Waals surface area contributed by atoms with E-state index in [1.807, 2.05) is 6.08 Å². The van der Waals surface area contributed by atoms with Crippen molar-refractivity contribution < 1.29 is 4.74 Å². The highest BCUT2D eigenvalue weighted by Gasteiger charge is 2.37. The minimum absolute atomic E-state index is 0.0520. The minimum Gasteiger partial charge on any atom is -0.489 e. The standard InChI is InChI=1S/C24H37OSi2/c1-11-15-25-22-20(27(9,10)19-14-12-13-17(19)2)16-18(3)23(26(7)8)21(22)24(4,5)6/h11-13,16H,1,14-15H2,2-10H3. The van der Waals surface area contributed by atoms with Gasteiger partial charge in [0.2, 0.25) is 0 Å². The molecule has 0 aromatic heterocycles. The highest BCUT2D eigenvalue weighted by atomic mass is 28.3. The zero-order valence-corrected chi connectivity index (χ0v) is 20.8. The van der Waals surface area contributed by atoms with Crippen molar-refractivity contribution in [1.29, 1.82) is 0 Å². The number of ether oxygens (including phenoxy) is 1. The van der Waals surface area contributed by atoms with Crippen LogP contribution in [0.4, 0.5) is 0 Å². The topological polar surface area (TPSA) is 9.23 Å². The van der Waals surface area contributed by atoms with Crippen LogP contribution in [0.25, 0.3) is 0 Å². The van der Waals surface area contributed by atoms with Gasteiger partial charge in [-0.1, -0.05) is 99.4 Å². The average molecular weight is 398 g/mol. The van der Waals surface area contributed by atoms with Crippen LogP contribution in [0, 0.1) is 6.92 Å². The van der Waals surface area contributed by atoms with Gasteiger partial charge in [-0.15, -0.1) is 0 Å². The molecule has 0 spiro atoms. The normalized spacial score (nSPS) is 15.0. The first-order chi connectivity index (χ1) is 12.4. The van der Waals surface area contributed by atoms with Crippen LogP contribution in [0.3, 0.4) is 0 Å². The van der Waals surface area contributed by atoms with Gasteiger partial charge in [-0.2, -0.15) is 0 Å². The zero-order valence-electron chi connectivity index (χ0n) is 18.8. The van der Waals surface area contributed by atoms with Crippen LogP contribution in [0.5, 0.6) is 5.75 Å². The second-order valence-corrected chi connectivity index (χ2v) is 16.5. The molecule has 0 atom stereocenters. The number of aryl methyl sites for hydroxylation is 1. The van der Waals surface area contributed by atoms with E-state index >= 15 is 0 Å². The Balaban J connectivity index is 2.87. The monoisotopic (exact) mass is 397 g/mol. The molecule has 3 heteroatoms. The van der Waals surface area contributed by atoms with Crippen molar-refractivity contribution in [2.45, 2.75) is 72.6 Å². The van der Waals surface area contributed by atoms with Gasteiger partial charge in [0.25, 0.3) is 0 Å². The smallest absolute Gasteiger partial charge is 0.123 e. The van der Waals surface area contributed by atoms with Crippen LogP contribution in [-0.2, 0) is 5.41 Å². The number of benzene rings is 1. The predicted molar refractivity (Wildman–Crippen MR) is 126 cm³/mol. The van der Waals surface area contributed by atoms with Crippen LogP contribution in [-0.4, -0.2) is 23.5 Å². The van der Waals surface area contributed by atoms with E-state index in [9.17, 15) is 0 Å². The molecule has 0 amide bonds. The molecule has 0 N–H and O–H groups in total. The first-order valence-electron chi connectivity index (χ1n) is 10.0. The number of allylic oxidation sites excluding steroid dienone is 4. The van der Waals surface area contributed by atoms with E-state index in [1.54, 1.807) is 10.4 Å². The summed E-state index contributed by atoms with van der Waals surface area (Å²) in [6.45, 7) is 25.8. The van der Waals surface area contributed by atoms with Gasteiger partial charge in [-0.05, 0) is 36.4 Å². The lowest BCUT2D eigenvalue weighted by Crippen LogP contribution is -2.48. The van der Waals surface area contributed by atoms with Crippen molar-refractivity contribution >= 4 is 27.2 Å². The molecule has 0 bridgehead atoms. The molecule has 2 rings (SSSR count). The lowest BCUT2D eigenvalue weighted by Gasteiger charge is -2.35. The molecule has 0 saturated carbocycles. The summed E-state index contributed by atoms with van der Waals surface area (Å²) in [6.07, 6.45) is 7.57. The summed E-state index contributed by atoms with van der Waals surface area (Å²) in [5.74, 6) is 1.15. The average Bonchev–Trinajstić information content (AvgIpc) is 2.98. The van der Waals surface area contributed by atoms with Crippen molar-refractivity contribution in [2.75, 3.05) is 6.61 Å². The van der Waals surface area contributed by atoms with Crippen LogP contribution < -0.4 is 15.1 Å². The van der Waals surface area contributed by atoms with Gasteiger partial charge in [0, 0.05) is 0 Å². The Morgan fingerprint density at radius 2 is 1.85 bits per heavy atom. The van der Waals surface area contributed by atoms with E-state index in [2.05, 4.69) is 85.6 Å². The van der Waals surface area contributed by atoms with E-state index in [1.165, 1.54) is 21.9 Å². The van der Waals surface area contributed by atoms with Gasteiger partial charge in [0.1, 0.15) is 20.4 Å². The van der Waals surface area contributed by atoms with E-state index in [4.69, 9.17) is 4.74 Å². The van der Waals surface area contributed by atoms with Gasteiger partial charge in [-0.3, -0.25) is 0 Å². The maximum absolute atomic E-state index is 6.46. The molecule has 0 unspecified atom stereocenters. The van der Waals surface area contributed by atoms with Crippen molar-refractivity contribution in [3.8, 4) is 5.75 Å². The Bertz CT molecular complexity index is 790. The number of hydrogen-bond donors (Lipinski definition) is 0. The molecule has 1 aliphatic rings. The number of hydrogen-bond acceptors (Lipinski definition) is 1. The van der Waals surface area contributed by atoms with Crippen molar-refractivity contribution in [3.63, 3.8) is 0 Å². The molecule has 1 nitrogen and oxygen atoms in total. The largest absolute Gasteiger partial charge is 0.489 e. The number of rotatable bonds is 6. The Morgan fingerprint density at radius 3 is 2.30 bits per heavy atom. The molecule has 147 valence electrons. The van der Waals surface area contributed by atoms with Crippen LogP contribution in [0.2, 0.25) is 26.2 Å². The van der Waals surface area contributed by atoms with Crippen molar-refractivity contribution in [3.05, 3.63) is 52.8 Å². The first kappa shape index (κ1) is 22.0. The molecule has 1 radical (unpaired) electrons. The lowest BCUT2D eigenvalue weighted by atomic mass is 9.85. The third kappa shape index (κ3) is 4.24. The molecule has 27 heavy (non-hydrogen) atoms. The third-order valence-corrected chi connectivity index (χ3v) is 11.1. The fourth-order valence-electron chi connectivity index (χ4n) is 4.44. The highest BCUT2D eigenvalue weighted by Crippen LogP contribution is 2.35. The summed E-state index contributed by atoms with van der Waals surface area (Å²) in [4.78, 5) is 0. The Labute approximate surface area is 169 Å². The Kier molecular flexibility index (Phi) is 6.48. The van der Waals surface area contributed by atoms with Crippen molar-refractivity contribution in [2.24, 2.45) is 0 Å². The Hall–Kier alpha value is -1.33. The third-order valence-electron chi connectivity index (χ3n) is 5.67. The summed E-state index contributed by atoms with van der Waals surface area (Å²) in [5, 5.41) is 4.64. The van der Waals surface area contributed by atoms with Crippen LogP contribution in [0.15, 0.2) is 41.6 Å². The molecular weight excluding hydrogens is 360 g/mol. The van der Waals surface area contributed by atoms with E-state index in [0.29, 0.717) is 6.61 Å². The van der Waals surface area contributed by atoms with Crippen LogP contribution >= 0.6 is 0 Å². The molecule has 0 saturated heterocycles. The summed E-state index contributed by atoms with van der Waals surface area (Å²) in [7, 11) is -2.44. The molecule has 0 fully saturated rings. The molecule has 0 heterocycles. The van der Waals surface area contributed by atoms with Gasteiger partial charge in [-0.25, -0.2) is 0 Å². The molecule has 1 aliphatic carbocycles. The molecule has 1 aromatic rings. The summed E-state index contributed by atoms with van der Waals surface area (Å²) >= 11 is 0. The summed E-state index contributed by atoms with van der Waals surface area (Å²) in [6, 6.07) is 2.46. The molecular formula is C24H37OSi2. The van der Waals surface area contributed by atoms with E-state index in [0.717, 1.165) is 12.2 Å². The van der Waals surface area contributed by atoms with Gasteiger partial charge >= 0.3 is 0 Å². The van der Waals surface area contributed by atoms with E-state index in [-0.39, 0.29) is 5.41 Å². The van der Waals surface area contributed by atoms with Crippen molar-refractivity contribution in [1.82, 2.24) is 0 Å². The molecule has 0 aliphatic heterocycles. The minimum atomic E-state index is -1.83.